The van der Waals surface area contributed by atoms with Crippen molar-refractivity contribution < 1.29 is 9.84 Å². The van der Waals surface area contributed by atoms with Crippen LogP contribution in [0.5, 0.6) is 0 Å². The van der Waals surface area contributed by atoms with Crippen molar-refractivity contribution in [3.8, 4) is 0 Å². The smallest absolute Gasteiger partial charge is 0.158 e. The third-order valence-corrected chi connectivity index (χ3v) is 1.96. The molecule has 0 atom stereocenters. The van der Waals surface area contributed by atoms with Crippen LogP contribution in [0, 0.1) is 0 Å². The number of aliphatic hydroxyl groups is 1. The number of hydrogen-bond acceptors (Lipinski definition) is 6. The first-order valence-electron chi connectivity index (χ1n) is 5.23. The second-order valence-electron chi connectivity index (χ2n) is 3.38. The van der Waals surface area contributed by atoms with Gasteiger partial charge in [-0.2, -0.15) is 0 Å². The molecule has 0 fully saturated rings. The number of nitrogens with one attached hydrogen (secondary N) is 1. The summed E-state index contributed by atoms with van der Waals surface area (Å²) in [5, 5.41) is 11.8. The zero-order chi connectivity index (χ0) is 11.8. The van der Waals surface area contributed by atoms with Crippen LogP contribution >= 0.6 is 0 Å². The number of methoxy groups -OCH3 is 1. The number of nitrogens with two attached hydrogens (primary N) is 1. The Balaban J connectivity index is 2.51. The first-order chi connectivity index (χ1) is 7.76. The van der Waals surface area contributed by atoms with E-state index in [0.29, 0.717) is 24.1 Å². The molecule has 16 heavy (non-hydrogen) atoms. The molecule has 90 valence electrons. The summed E-state index contributed by atoms with van der Waals surface area (Å²) in [6.07, 6.45) is 1.67. The molecule has 0 saturated carbocycles. The van der Waals surface area contributed by atoms with Crippen LogP contribution in [0.1, 0.15) is 18.7 Å². The summed E-state index contributed by atoms with van der Waals surface area (Å²) in [6.45, 7) is 1.31. The summed E-state index contributed by atoms with van der Waals surface area (Å²) in [7, 11) is 1.58. The van der Waals surface area contributed by atoms with Crippen LogP contribution in [-0.2, 0) is 11.3 Å². The third kappa shape index (κ3) is 4.41. The lowest BCUT2D eigenvalue weighted by Gasteiger charge is -2.07. The fourth-order valence-corrected chi connectivity index (χ4v) is 1.26. The molecular weight excluding hydrogens is 208 g/mol. The van der Waals surface area contributed by atoms with Gasteiger partial charge in [-0.1, -0.05) is 0 Å². The van der Waals surface area contributed by atoms with Crippen molar-refractivity contribution in [1.82, 2.24) is 9.97 Å². The van der Waals surface area contributed by atoms with E-state index < -0.39 is 0 Å². The molecule has 1 aromatic rings. The standard InChI is InChI=1S/C10H18N4O2/c1-16-7-10-13-8(11)6-9(14-10)12-4-2-3-5-15/h6,15H,2-5,7H2,1H3,(H3,11,12,13,14). The number of anilines is 2. The van der Waals surface area contributed by atoms with Gasteiger partial charge in [-0.3, -0.25) is 0 Å². The van der Waals surface area contributed by atoms with E-state index in [2.05, 4.69) is 15.3 Å². The van der Waals surface area contributed by atoms with Gasteiger partial charge in [0, 0.05) is 26.3 Å². The fourth-order valence-electron chi connectivity index (χ4n) is 1.26. The molecule has 0 radical (unpaired) electrons. The van der Waals surface area contributed by atoms with E-state index in [9.17, 15) is 0 Å². The number of rotatable bonds is 7. The van der Waals surface area contributed by atoms with Gasteiger partial charge in [0.1, 0.15) is 18.2 Å². The highest BCUT2D eigenvalue weighted by Crippen LogP contribution is 2.09. The minimum atomic E-state index is 0.211. The minimum absolute atomic E-state index is 0.211. The van der Waals surface area contributed by atoms with Crippen LogP contribution in [-0.4, -0.2) is 35.3 Å². The lowest BCUT2D eigenvalue weighted by molar-refractivity contribution is 0.178. The molecule has 0 aromatic carbocycles. The average molecular weight is 226 g/mol. The number of hydrogen-bond donors (Lipinski definition) is 3. The number of nitrogen functional groups attached to an aromatic ring is 1. The van der Waals surface area contributed by atoms with E-state index >= 15 is 0 Å². The molecule has 0 aliphatic heterocycles. The lowest BCUT2D eigenvalue weighted by Crippen LogP contribution is -2.08. The second-order valence-corrected chi connectivity index (χ2v) is 3.38. The van der Waals surface area contributed by atoms with Gasteiger partial charge in [0.15, 0.2) is 5.82 Å². The molecule has 1 aromatic heterocycles. The van der Waals surface area contributed by atoms with Crippen LogP contribution in [0.4, 0.5) is 11.6 Å². The highest BCUT2D eigenvalue weighted by molar-refractivity contribution is 5.44. The first kappa shape index (κ1) is 12.7. The van der Waals surface area contributed by atoms with Crippen LogP contribution in [0.2, 0.25) is 0 Å². The molecule has 0 unspecified atom stereocenters. The molecule has 1 heterocycles. The second kappa shape index (κ2) is 6.97. The van der Waals surface area contributed by atoms with Gasteiger partial charge in [-0.05, 0) is 12.8 Å². The van der Waals surface area contributed by atoms with E-state index in [4.69, 9.17) is 15.6 Å². The van der Waals surface area contributed by atoms with Gasteiger partial charge in [0.25, 0.3) is 0 Å². The minimum Gasteiger partial charge on any atom is -0.396 e. The van der Waals surface area contributed by atoms with Crippen LogP contribution in [0.3, 0.4) is 0 Å². The number of ether oxygens (including phenoxy) is 1. The quantitative estimate of drug-likeness (QED) is 0.582. The highest BCUT2D eigenvalue weighted by Gasteiger charge is 2.01. The summed E-state index contributed by atoms with van der Waals surface area (Å²) >= 11 is 0. The lowest BCUT2D eigenvalue weighted by atomic mass is 10.3. The Hall–Kier alpha value is -1.40. The van der Waals surface area contributed by atoms with Crippen molar-refractivity contribution in [2.75, 3.05) is 31.3 Å². The Kier molecular flexibility index (Phi) is 5.52. The monoisotopic (exact) mass is 226 g/mol. The molecule has 0 saturated heterocycles. The van der Waals surface area contributed by atoms with Gasteiger partial charge < -0.3 is 20.9 Å². The zero-order valence-electron chi connectivity index (χ0n) is 9.44. The Morgan fingerprint density at radius 3 is 2.94 bits per heavy atom. The number of nitrogens with zero attached hydrogens (tertiary/aromatic N) is 2. The van der Waals surface area contributed by atoms with Crippen molar-refractivity contribution >= 4 is 11.6 Å². The van der Waals surface area contributed by atoms with Crippen molar-refractivity contribution in [3.63, 3.8) is 0 Å². The predicted molar refractivity (Wildman–Crippen MR) is 62.0 cm³/mol. The van der Waals surface area contributed by atoms with Crippen molar-refractivity contribution in [1.29, 1.82) is 0 Å². The molecule has 0 spiro atoms. The Bertz CT molecular complexity index is 320. The summed E-state index contributed by atoms with van der Waals surface area (Å²) in [6, 6.07) is 1.68. The van der Waals surface area contributed by atoms with Gasteiger partial charge in [-0.25, -0.2) is 9.97 Å². The number of aromatic nitrogens is 2. The topological polar surface area (TPSA) is 93.3 Å². The van der Waals surface area contributed by atoms with E-state index in [-0.39, 0.29) is 6.61 Å². The maximum atomic E-state index is 8.63. The molecular formula is C10H18N4O2. The Morgan fingerprint density at radius 2 is 2.25 bits per heavy atom. The van der Waals surface area contributed by atoms with Crippen LogP contribution < -0.4 is 11.1 Å². The van der Waals surface area contributed by atoms with E-state index in [0.717, 1.165) is 19.4 Å². The predicted octanol–water partition coefficient (Wildman–Crippen LogP) is 0.390. The Morgan fingerprint density at radius 1 is 1.44 bits per heavy atom. The fraction of sp³-hybridized carbons (Fsp3) is 0.600. The highest BCUT2D eigenvalue weighted by atomic mass is 16.5. The third-order valence-electron chi connectivity index (χ3n) is 1.96. The average Bonchev–Trinajstić information content (AvgIpc) is 2.24. The van der Waals surface area contributed by atoms with Crippen molar-refractivity contribution in [2.45, 2.75) is 19.4 Å². The maximum Gasteiger partial charge on any atom is 0.158 e. The summed E-state index contributed by atoms with van der Waals surface area (Å²) < 4.78 is 4.94. The van der Waals surface area contributed by atoms with Gasteiger partial charge in [-0.15, -0.1) is 0 Å². The number of unbranched alkanes of at least 4 members (excludes halogenated alkanes) is 1. The largest absolute Gasteiger partial charge is 0.396 e. The van der Waals surface area contributed by atoms with Gasteiger partial charge >= 0.3 is 0 Å². The van der Waals surface area contributed by atoms with Gasteiger partial charge in [0.05, 0.1) is 0 Å². The molecule has 1 rings (SSSR count). The summed E-state index contributed by atoms with van der Waals surface area (Å²) in [5.74, 6) is 1.68. The van der Waals surface area contributed by atoms with Crippen LogP contribution in [0.15, 0.2) is 6.07 Å². The first-order valence-corrected chi connectivity index (χ1v) is 5.23. The normalized spacial score (nSPS) is 10.4. The number of aliphatic hydroxyl groups excluding tert-OH is 1. The molecule has 4 N–H and O–H groups in total. The summed E-state index contributed by atoms with van der Waals surface area (Å²) in [4.78, 5) is 8.26. The van der Waals surface area contributed by atoms with Crippen molar-refractivity contribution in [2.24, 2.45) is 0 Å². The molecule has 0 bridgehead atoms. The molecule has 6 heteroatoms. The van der Waals surface area contributed by atoms with E-state index in [1.807, 2.05) is 0 Å². The molecule has 0 amide bonds. The molecule has 0 aliphatic rings. The van der Waals surface area contributed by atoms with Crippen LogP contribution in [0.25, 0.3) is 0 Å². The molecule has 6 nitrogen and oxygen atoms in total. The Labute approximate surface area is 94.9 Å². The maximum absolute atomic E-state index is 8.63. The zero-order valence-corrected chi connectivity index (χ0v) is 9.44. The SMILES string of the molecule is COCc1nc(N)cc(NCCCCO)n1. The van der Waals surface area contributed by atoms with Crippen molar-refractivity contribution in [3.05, 3.63) is 11.9 Å². The van der Waals surface area contributed by atoms with E-state index in [1.165, 1.54) is 0 Å². The summed E-state index contributed by atoms with van der Waals surface area (Å²) in [5.41, 5.74) is 5.63. The van der Waals surface area contributed by atoms with Gasteiger partial charge in [0.2, 0.25) is 0 Å². The van der Waals surface area contributed by atoms with E-state index in [1.54, 1.807) is 13.2 Å². The molecule has 0 aliphatic carbocycles.